The number of fused-ring (bicyclic) bond motifs is 4. The van der Waals surface area contributed by atoms with E-state index in [-0.39, 0.29) is 0 Å². The highest BCUT2D eigenvalue weighted by atomic mass is 16.9. The van der Waals surface area contributed by atoms with Crippen LogP contribution in [0.4, 0.5) is 0 Å². The van der Waals surface area contributed by atoms with Crippen LogP contribution in [0.5, 0.6) is 11.5 Å². The quantitative estimate of drug-likeness (QED) is 0.0610. The Morgan fingerprint density at radius 2 is 0.574 bits per heavy atom. The lowest BCUT2D eigenvalue weighted by molar-refractivity contribution is -0.304. The third-order valence-corrected chi connectivity index (χ3v) is 13.4. The molecule has 0 amide bonds. The van der Waals surface area contributed by atoms with Gasteiger partial charge in [0.2, 0.25) is 0 Å². The second kappa shape index (κ2) is 41.4. The monoisotopic (exact) mass is 855 g/mol. The van der Waals surface area contributed by atoms with Gasteiger partial charge in [-0.1, -0.05) is 233 Å². The molecule has 0 N–H and O–H groups in total. The van der Waals surface area contributed by atoms with Gasteiger partial charge in [-0.15, -0.1) is 0 Å². The van der Waals surface area contributed by atoms with Crippen LogP contribution in [0.25, 0.3) is 0 Å². The number of nitrogens with zero attached hydrogens (tertiary/aromatic N) is 2. The maximum atomic E-state index is 6.80. The van der Waals surface area contributed by atoms with E-state index in [4.69, 9.17) is 14.2 Å². The summed E-state index contributed by atoms with van der Waals surface area (Å²) in [6, 6.07) is 8.17. The summed E-state index contributed by atoms with van der Waals surface area (Å²) >= 11 is 0. The van der Waals surface area contributed by atoms with Gasteiger partial charge in [0.05, 0.1) is 13.0 Å². The van der Waals surface area contributed by atoms with Crippen LogP contribution in [0, 0.1) is 0 Å². The Kier molecular flexibility index (Phi) is 37.9. The molecule has 5 nitrogen and oxygen atoms in total. The molecule has 0 saturated carbocycles. The van der Waals surface area contributed by atoms with Crippen molar-refractivity contribution in [1.82, 2.24) is 9.80 Å². The summed E-state index contributed by atoms with van der Waals surface area (Å²) in [5.41, 5.74) is 0. The van der Waals surface area contributed by atoms with Crippen LogP contribution in [0.1, 0.15) is 272 Å². The maximum Gasteiger partial charge on any atom is 0.372 e. The summed E-state index contributed by atoms with van der Waals surface area (Å²) in [6.45, 7) is 16.7. The molecule has 0 saturated heterocycles. The number of hydrogen-bond donors (Lipinski definition) is 0. The fraction of sp³-hybridized carbons (Fsp3) is 0.893. The van der Waals surface area contributed by atoms with Gasteiger partial charge in [-0.3, -0.25) is 0 Å². The first-order valence-corrected chi connectivity index (χ1v) is 27.7. The van der Waals surface area contributed by atoms with Gasteiger partial charge in [0.25, 0.3) is 0 Å². The first-order valence-electron chi connectivity index (χ1n) is 27.7. The normalized spacial score (nSPS) is 13.3. The minimum absolute atomic E-state index is 0.656. The fourth-order valence-electron chi connectivity index (χ4n) is 9.25. The zero-order chi connectivity index (χ0) is 43.6. The van der Waals surface area contributed by atoms with Crippen LogP contribution in [-0.2, 0) is 4.74 Å². The summed E-state index contributed by atoms with van der Waals surface area (Å²) in [5.74, 6) is 0.637. The van der Waals surface area contributed by atoms with E-state index < -0.39 is 5.97 Å². The Hall–Kier alpha value is -1.30. The van der Waals surface area contributed by atoms with Crippen molar-refractivity contribution in [3.05, 3.63) is 24.3 Å². The van der Waals surface area contributed by atoms with E-state index in [9.17, 15) is 0 Å². The van der Waals surface area contributed by atoms with Crippen molar-refractivity contribution >= 4 is 0 Å². The highest BCUT2D eigenvalue weighted by Crippen LogP contribution is 2.33. The number of ether oxygens (including phenoxy) is 3. The molecule has 2 heterocycles. The van der Waals surface area contributed by atoms with Gasteiger partial charge >= 0.3 is 5.97 Å². The average molecular weight is 855 g/mol. The largest absolute Gasteiger partial charge is 0.430 e. The number of unbranched alkanes of at least 4 members (excludes halogenated alkanes) is 32. The summed E-state index contributed by atoms with van der Waals surface area (Å²) in [4.78, 5) is 5.46. The molecule has 5 heteroatoms. The lowest BCUT2D eigenvalue weighted by Gasteiger charge is -2.34. The molecule has 2 aliphatic heterocycles. The zero-order valence-electron chi connectivity index (χ0n) is 41.7. The van der Waals surface area contributed by atoms with Crippen LogP contribution in [0.15, 0.2) is 24.3 Å². The lowest BCUT2D eigenvalue weighted by Crippen LogP contribution is -2.48. The molecule has 1 aromatic carbocycles. The van der Waals surface area contributed by atoms with E-state index in [0.29, 0.717) is 6.61 Å². The van der Waals surface area contributed by atoms with Crippen molar-refractivity contribution in [3.63, 3.8) is 0 Å². The highest BCUT2D eigenvalue weighted by Gasteiger charge is 2.39. The first-order chi connectivity index (χ1) is 30.1. The molecule has 0 spiro atoms. The SMILES string of the molecule is CCCCCCCCCCCN(CCCCCCCCCCC)CCCOC1(CCN(CCCCCCCCCCC)CCCCCCCCCCC)Oc2ccc(cc2)O1. The van der Waals surface area contributed by atoms with Gasteiger partial charge in [-0.2, -0.15) is 0 Å². The van der Waals surface area contributed by atoms with Crippen molar-refractivity contribution in [2.24, 2.45) is 0 Å². The molecule has 2 bridgehead atoms. The van der Waals surface area contributed by atoms with Crippen LogP contribution in [-0.4, -0.2) is 61.6 Å². The van der Waals surface area contributed by atoms with Gasteiger partial charge in [0.15, 0.2) is 0 Å². The lowest BCUT2D eigenvalue weighted by atomic mass is 10.1. The third-order valence-electron chi connectivity index (χ3n) is 13.4. The molecule has 2 aliphatic rings. The van der Waals surface area contributed by atoms with Crippen LogP contribution >= 0.6 is 0 Å². The number of benzene rings is 1. The average Bonchev–Trinajstić information content (AvgIpc) is 3.56. The zero-order valence-corrected chi connectivity index (χ0v) is 41.7. The number of rotatable bonds is 48. The van der Waals surface area contributed by atoms with Gasteiger partial charge < -0.3 is 24.0 Å². The van der Waals surface area contributed by atoms with Gasteiger partial charge in [0.1, 0.15) is 11.5 Å². The van der Waals surface area contributed by atoms with Gasteiger partial charge in [-0.05, 0) is 82.5 Å². The minimum Gasteiger partial charge on any atom is -0.430 e. The van der Waals surface area contributed by atoms with Gasteiger partial charge in [0, 0.05) is 13.1 Å². The van der Waals surface area contributed by atoms with E-state index in [2.05, 4.69) is 37.5 Å². The molecule has 61 heavy (non-hydrogen) atoms. The van der Waals surface area contributed by atoms with E-state index >= 15 is 0 Å². The summed E-state index contributed by atoms with van der Waals surface area (Å²) in [6.07, 6.45) is 51.5. The molecule has 0 radical (unpaired) electrons. The molecule has 3 rings (SSSR count). The fourth-order valence-corrected chi connectivity index (χ4v) is 9.25. The van der Waals surface area contributed by atoms with E-state index in [1.807, 2.05) is 24.3 Å². The molecule has 0 aliphatic carbocycles. The molecular weight excluding hydrogens is 749 g/mol. The number of hydrogen-bond acceptors (Lipinski definition) is 5. The van der Waals surface area contributed by atoms with E-state index in [0.717, 1.165) is 37.4 Å². The maximum absolute atomic E-state index is 6.80. The molecule has 0 fully saturated rings. The Morgan fingerprint density at radius 3 is 0.869 bits per heavy atom. The smallest absolute Gasteiger partial charge is 0.372 e. The minimum atomic E-state index is -1.06. The van der Waals surface area contributed by atoms with Crippen molar-refractivity contribution in [3.8, 4) is 11.5 Å². The molecule has 0 atom stereocenters. The van der Waals surface area contributed by atoms with E-state index in [1.165, 1.54) is 257 Å². The molecule has 0 unspecified atom stereocenters. The summed E-state index contributed by atoms with van der Waals surface area (Å²) < 4.78 is 20.1. The Bertz CT molecular complexity index is 964. The predicted molar refractivity (Wildman–Crippen MR) is 267 cm³/mol. The van der Waals surface area contributed by atoms with Crippen LogP contribution in [0.3, 0.4) is 0 Å². The second-order valence-corrected chi connectivity index (χ2v) is 19.3. The molecular formula is C56H106N2O3. The molecule has 358 valence electrons. The first kappa shape index (κ1) is 55.8. The molecule has 1 aromatic rings. The standard InChI is InChI=1S/C56H106N2O3/c1-5-9-13-17-21-25-29-33-37-47-57(48-38-34-30-26-22-18-14-10-6-2)51-41-53-59-56(60-54-42-43-55(61-56)45-44-54)46-52-58(49-39-35-31-27-23-19-15-11-7-3)50-40-36-32-28-24-20-16-12-8-4/h42-45H,5-41,46-53H2,1-4H3. The highest BCUT2D eigenvalue weighted by molar-refractivity contribution is 5.33. The summed E-state index contributed by atoms with van der Waals surface area (Å²) in [5, 5.41) is 0. The van der Waals surface area contributed by atoms with Crippen molar-refractivity contribution < 1.29 is 14.2 Å². The van der Waals surface area contributed by atoms with E-state index in [1.54, 1.807) is 0 Å². The van der Waals surface area contributed by atoms with Crippen LogP contribution in [0.2, 0.25) is 0 Å². The second-order valence-electron chi connectivity index (χ2n) is 19.3. The Balaban J connectivity index is 1.92. The topological polar surface area (TPSA) is 34.2 Å². The predicted octanol–water partition coefficient (Wildman–Crippen LogP) is 17.6. The van der Waals surface area contributed by atoms with Crippen molar-refractivity contribution in [2.45, 2.75) is 278 Å². The Morgan fingerprint density at radius 1 is 0.328 bits per heavy atom. The third kappa shape index (κ3) is 32.1. The molecule has 0 aromatic heterocycles. The van der Waals surface area contributed by atoms with Crippen LogP contribution < -0.4 is 9.47 Å². The Labute approximate surface area is 382 Å². The van der Waals surface area contributed by atoms with Crippen molar-refractivity contribution in [1.29, 1.82) is 0 Å². The van der Waals surface area contributed by atoms with Gasteiger partial charge in [-0.25, -0.2) is 0 Å². The summed E-state index contributed by atoms with van der Waals surface area (Å²) in [7, 11) is 0. The van der Waals surface area contributed by atoms with Crippen molar-refractivity contribution in [2.75, 3.05) is 45.9 Å².